The lowest BCUT2D eigenvalue weighted by Crippen LogP contribution is -2.32. The number of carbonyl (C=O) groups is 1. The third kappa shape index (κ3) is 5.93. The van der Waals surface area contributed by atoms with Crippen molar-refractivity contribution in [1.82, 2.24) is 9.36 Å². The number of nitrogens with one attached hydrogen (secondary N) is 1. The zero-order valence-electron chi connectivity index (χ0n) is 20.9. The molecule has 4 N–H and O–H groups in total. The van der Waals surface area contributed by atoms with Gasteiger partial charge in [-0.3, -0.25) is 14.3 Å². The summed E-state index contributed by atoms with van der Waals surface area (Å²) in [5.41, 5.74) is 8.76. The average molecular weight is 509 g/mol. The lowest BCUT2D eigenvalue weighted by Gasteiger charge is -2.29. The van der Waals surface area contributed by atoms with Crippen LogP contribution in [0.3, 0.4) is 0 Å². The number of carbonyl (C=O) groups excluding carboxylic acids is 1. The highest BCUT2D eigenvalue weighted by molar-refractivity contribution is 6.04. The number of aliphatic hydroxyl groups is 1. The monoisotopic (exact) mass is 508 g/mol. The van der Waals surface area contributed by atoms with E-state index in [0.29, 0.717) is 23.4 Å². The Balaban J connectivity index is 1.65. The number of allylic oxidation sites excluding steroid dienone is 1. The average Bonchev–Trinajstić information content (AvgIpc) is 3.13. The van der Waals surface area contributed by atoms with Gasteiger partial charge in [0.2, 0.25) is 6.29 Å². The summed E-state index contributed by atoms with van der Waals surface area (Å²) in [6.45, 7) is 2.44. The Morgan fingerprint density at radius 1 is 1.14 bits per heavy atom. The molecule has 1 aliphatic rings. The van der Waals surface area contributed by atoms with Crippen LogP contribution in [-0.4, -0.2) is 53.1 Å². The molecular weight excluding hydrogens is 476 g/mol. The Hall–Kier alpha value is -3.86. The minimum Gasteiger partial charge on any atom is -0.459 e. The second-order valence-corrected chi connectivity index (χ2v) is 8.64. The molecule has 37 heavy (non-hydrogen) atoms. The van der Waals surface area contributed by atoms with E-state index >= 15 is 0 Å². The summed E-state index contributed by atoms with van der Waals surface area (Å²) in [5.74, 6) is -0.894. The van der Waals surface area contributed by atoms with Crippen molar-refractivity contribution < 1.29 is 24.1 Å². The van der Waals surface area contributed by atoms with E-state index in [4.69, 9.17) is 25.1 Å². The standard InChI is InChI=1S/C27H32N4O6/c1-18-25(27(34)31(30(18)2)20-8-4-3-5-9-20)19-16-23(26(33)29-22-11-7-6-10-21(22)28)37-24(17-19)36-15-14-35-13-12-32/h3-11,16,19,24,32H,12-15,17,28H2,1-2H3,(H,29,33)/t19-,24+/m1/s1. The largest absolute Gasteiger partial charge is 0.459 e. The Morgan fingerprint density at radius 2 is 1.86 bits per heavy atom. The van der Waals surface area contributed by atoms with Crippen molar-refractivity contribution in [2.45, 2.75) is 25.6 Å². The molecule has 0 aliphatic carbocycles. The van der Waals surface area contributed by atoms with Crippen LogP contribution >= 0.6 is 0 Å². The Kier molecular flexibility index (Phi) is 8.44. The van der Waals surface area contributed by atoms with Gasteiger partial charge in [0.05, 0.1) is 43.5 Å². The van der Waals surface area contributed by atoms with Gasteiger partial charge in [-0.2, -0.15) is 0 Å². The van der Waals surface area contributed by atoms with Crippen LogP contribution in [0.2, 0.25) is 0 Å². The molecule has 3 aromatic rings. The maximum Gasteiger partial charge on any atom is 0.290 e. The van der Waals surface area contributed by atoms with Crippen molar-refractivity contribution in [2.75, 3.05) is 37.5 Å². The van der Waals surface area contributed by atoms with Gasteiger partial charge in [0, 0.05) is 30.6 Å². The Morgan fingerprint density at radius 3 is 2.59 bits per heavy atom. The molecule has 2 heterocycles. The number of amides is 1. The molecule has 1 aromatic heterocycles. The summed E-state index contributed by atoms with van der Waals surface area (Å²) in [7, 11) is 1.83. The smallest absolute Gasteiger partial charge is 0.290 e. The fourth-order valence-electron chi connectivity index (χ4n) is 4.34. The number of benzene rings is 2. The van der Waals surface area contributed by atoms with Crippen molar-refractivity contribution in [2.24, 2.45) is 7.05 Å². The second kappa shape index (κ2) is 11.9. The van der Waals surface area contributed by atoms with Gasteiger partial charge in [0.25, 0.3) is 11.5 Å². The summed E-state index contributed by atoms with van der Waals surface area (Å²) in [6.07, 6.45) is 1.21. The summed E-state index contributed by atoms with van der Waals surface area (Å²) in [6, 6.07) is 16.3. The van der Waals surface area contributed by atoms with Gasteiger partial charge in [-0.1, -0.05) is 30.3 Å². The SMILES string of the molecule is Cc1c([C@@H]2C=C(C(=O)Nc3ccccc3N)O[C@H](OCCOCCO)C2)c(=O)n(-c2ccccc2)n1C. The van der Waals surface area contributed by atoms with Crippen LogP contribution in [0.1, 0.15) is 23.6 Å². The van der Waals surface area contributed by atoms with E-state index in [2.05, 4.69) is 5.32 Å². The zero-order chi connectivity index (χ0) is 26.4. The lowest BCUT2D eigenvalue weighted by molar-refractivity contribution is -0.148. The number of nitrogens with two attached hydrogens (primary N) is 1. The summed E-state index contributed by atoms with van der Waals surface area (Å²) in [5, 5.41) is 11.7. The summed E-state index contributed by atoms with van der Waals surface area (Å²) < 4.78 is 20.4. The van der Waals surface area contributed by atoms with E-state index in [1.54, 1.807) is 39.7 Å². The van der Waals surface area contributed by atoms with Gasteiger partial charge in [0.15, 0.2) is 5.76 Å². The van der Waals surface area contributed by atoms with Crippen molar-refractivity contribution in [3.8, 4) is 5.69 Å². The van der Waals surface area contributed by atoms with Gasteiger partial charge in [0.1, 0.15) is 0 Å². The van der Waals surface area contributed by atoms with E-state index in [0.717, 1.165) is 11.4 Å². The highest BCUT2D eigenvalue weighted by Gasteiger charge is 2.33. The van der Waals surface area contributed by atoms with Crippen LogP contribution < -0.4 is 16.6 Å². The predicted octanol–water partition coefficient (Wildman–Crippen LogP) is 2.44. The molecule has 0 saturated heterocycles. The van der Waals surface area contributed by atoms with Crippen LogP contribution in [0.4, 0.5) is 11.4 Å². The van der Waals surface area contributed by atoms with Gasteiger partial charge >= 0.3 is 0 Å². The molecule has 10 nitrogen and oxygen atoms in total. The predicted molar refractivity (Wildman–Crippen MR) is 139 cm³/mol. The number of rotatable bonds is 10. The molecule has 10 heteroatoms. The number of aromatic nitrogens is 2. The first-order valence-corrected chi connectivity index (χ1v) is 12.1. The lowest BCUT2D eigenvalue weighted by atomic mass is 9.93. The third-order valence-electron chi connectivity index (χ3n) is 6.23. The molecular formula is C27H32N4O6. The van der Waals surface area contributed by atoms with E-state index in [1.165, 1.54) is 0 Å². The van der Waals surface area contributed by atoms with Crippen LogP contribution in [0.15, 0.2) is 71.2 Å². The minimum atomic E-state index is -0.786. The number of para-hydroxylation sites is 3. The van der Waals surface area contributed by atoms with E-state index in [-0.39, 0.29) is 37.7 Å². The van der Waals surface area contributed by atoms with Gasteiger partial charge in [-0.25, -0.2) is 4.68 Å². The molecule has 1 amide bonds. The van der Waals surface area contributed by atoms with Crippen molar-refractivity contribution in [3.05, 3.63) is 88.0 Å². The highest BCUT2D eigenvalue weighted by Crippen LogP contribution is 2.33. The number of hydrogen-bond acceptors (Lipinski definition) is 7. The number of anilines is 2. The molecule has 2 aromatic carbocycles. The highest BCUT2D eigenvalue weighted by atomic mass is 16.7. The van der Waals surface area contributed by atoms with Crippen LogP contribution in [-0.2, 0) is 26.1 Å². The van der Waals surface area contributed by atoms with Gasteiger partial charge in [-0.05, 0) is 37.3 Å². The van der Waals surface area contributed by atoms with E-state index in [9.17, 15) is 9.59 Å². The normalized spacial score (nSPS) is 17.2. The molecule has 4 rings (SSSR count). The molecule has 2 atom stereocenters. The van der Waals surface area contributed by atoms with Crippen LogP contribution in [0.25, 0.3) is 5.69 Å². The number of aliphatic hydroxyl groups excluding tert-OH is 1. The number of nitrogen functional groups attached to an aromatic ring is 1. The van der Waals surface area contributed by atoms with Crippen molar-refractivity contribution >= 4 is 17.3 Å². The Bertz CT molecular complexity index is 1310. The van der Waals surface area contributed by atoms with Crippen molar-refractivity contribution in [3.63, 3.8) is 0 Å². The number of ether oxygens (including phenoxy) is 3. The van der Waals surface area contributed by atoms with Gasteiger partial charge in [-0.15, -0.1) is 0 Å². The summed E-state index contributed by atoms with van der Waals surface area (Å²) in [4.78, 5) is 26.8. The fourth-order valence-corrected chi connectivity index (χ4v) is 4.34. The Labute approximate surface area is 214 Å². The zero-order valence-corrected chi connectivity index (χ0v) is 20.9. The molecule has 0 saturated carbocycles. The number of nitrogens with zero attached hydrogens (tertiary/aromatic N) is 2. The van der Waals surface area contributed by atoms with E-state index in [1.807, 2.05) is 44.3 Å². The molecule has 0 unspecified atom stereocenters. The van der Waals surface area contributed by atoms with E-state index < -0.39 is 18.1 Å². The van der Waals surface area contributed by atoms with Crippen molar-refractivity contribution in [1.29, 1.82) is 0 Å². The topological polar surface area (TPSA) is 130 Å². The first-order chi connectivity index (χ1) is 17.9. The van der Waals surface area contributed by atoms with Crippen LogP contribution in [0, 0.1) is 6.92 Å². The maximum absolute atomic E-state index is 13.6. The number of hydrogen-bond donors (Lipinski definition) is 3. The van der Waals surface area contributed by atoms with Crippen LogP contribution in [0.5, 0.6) is 0 Å². The maximum atomic E-state index is 13.6. The molecule has 1 aliphatic heterocycles. The quantitative estimate of drug-likeness (QED) is 0.283. The second-order valence-electron chi connectivity index (χ2n) is 8.64. The molecule has 196 valence electrons. The first kappa shape index (κ1) is 26.2. The minimum absolute atomic E-state index is 0.0368. The molecule has 0 fully saturated rings. The first-order valence-electron chi connectivity index (χ1n) is 12.1. The summed E-state index contributed by atoms with van der Waals surface area (Å²) >= 11 is 0. The third-order valence-corrected chi connectivity index (χ3v) is 6.23. The fraction of sp³-hybridized carbons (Fsp3) is 0.333. The van der Waals surface area contributed by atoms with Gasteiger partial charge < -0.3 is 30.4 Å². The molecule has 0 spiro atoms. The molecule has 0 radical (unpaired) electrons. The molecule has 0 bridgehead atoms.